The number of carbonyl (C=O) groups is 1. The van der Waals surface area contributed by atoms with E-state index in [0.717, 1.165) is 18.2 Å². The number of nitrogens with zero attached hydrogens (tertiary/aromatic N) is 4. The first-order valence-electron chi connectivity index (χ1n) is 10.6. The molecule has 1 N–H and O–H groups in total. The van der Waals surface area contributed by atoms with Gasteiger partial charge in [-0.05, 0) is 25.5 Å². The van der Waals surface area contributed by atoms with Gasteiger partial charge in [0.05, 0.1) is 11.8 Å². The third-order valence-electron chi connectivity index (χ3n) is 4.62. The first-order chi connectivity index (χ1) is 14.8. The zero-order valence-corrected chi connectivity index (χ0v) is 19.9. The molecule has 1 amide bonds. The molecule has 0 radical (unpaired) electrons. The highest BCUT2D eigenvalue weighted by Gasteiger charge is 2.19. The van der Waals surface area contributed by atoms with Gasteiger partial charge < -0.3 is 19.4 Å². The minimum atomic E-state index is -1.17. The Balaban J connectivity index is 1.87. The summed E-state index contributed by atoms with van der Waals surface area (Å²) in [6.07, 6.45) is 4.14. The van der Waals surface area contributed by atoms with Gasteiger partial charge in [-0.1, -0.05) is 32.6 Å². The Morgan fingerprint density at radius 2 is 2.00 bits per heavy atom. The molecule has 0 saturated carbocycles. The van der Waals surface area contributed by atoms with Crippen LogP contribution in [0.3, 0.4) is 0 Å². The molecule has 0 fully saturated rings. The second-order valence-electron chi connectivity index (χ2n) is 8.72. The highest BCUT2D eigenvalue weighted by molar-refractivity contribution is 6.76. The molecule has 0 aliphatic heterocycles. The smallest absolute Gasteiger partial charge is 0.255 e. The maximum atomic E-state index is 12.7. The zero-order chi connectivity index (χ0) is 22.4. The van der Waals surface area contributed by atoms with E-state index in [2.05, 4.69) is 39.9 Å². The van der Waals surface area contributed by atoms with Crippen LogP contribution in [0.15, 0.2) is 30.6 Å². The number of aromatic nitrogens is 4. The highest BCUT2D eigenvalue weighted by Crippen LogP contribution is 2.23. The second kappa shape index (κ2) is 10.0. The maximum absolute atomic E-state index is 12.7. The lowest BCUT2D eigenvalue weighted by molar-refractivity contribution is 0.0892. The number of aryl methyl sites for hydroxylation is 1. The predicted octanol–water partition coefficient (Wildman–Crippen LogP) is 4.38. The molecular formula is C22H31N5O3Si. The number of nitrogens with one attached hydrogen (secondary N) is 1. The van der Waals surface area contributed by atoms with Crippen LogP contribution in [0.2, 0.25) is 25.7 Å². The Kier molecular flexibility index (Phi) is 7.40. The molecule has 0 spiro atoms. The van der Waals surface area contributed by atoms with Crippen molar-refractivity contribution >= 4 is 25.1 Å². The number of hydrogen-bond acceptors (Lipinski definition) is 6. The van der Waals surface area contributed by atoms with Crippen molar-refractivity contribution in [2.24, 2.45) is 0 Å². The molecule has 3 aromatic rings. The van der Waals surface area contributed by atoms with Crippen molar-refractivity contribution in [3.8, 4) is 11.8 Å². The fraction of sp³-hybridized carbons (Fsp3) is 0.455. The van der Waals surface area contributed by atoms with Crippen LogP contribution in [-0.4, -0.2) is 46.7 Å². The molecule has 3 aromatic heterocycles. The summed E-state index contributed by atoms with van der Waals surface area (Å²) in [5, 5.41) is 2.91. The molecule has 8 nitrogen and oxygen atoms in total. The fourth-order valence-corrected chi connectivity index (χ4v) is 3.66. The van der Waals surface area contributed by atoms with E-state index in [9.17, 15) is 4.79 Å². The average molecular weight is 442 g/mol. The summed E-state index contributed by atoms with van der Waals surface area (Å²) in [4.78, 5) is 26.1. The zero-order valence-electron chi connectivity index (χ0n) is 18.9. The molecule has 0 aromatic carbocycles. The molecule has 0 bridgehead atoms. The van der Waals surface area contributed by atoms with Crippen molar-refractivity contribution in [2.75, 3.05) is 13.2 Å². The van der Waals surface area contributed by atoms with E-state index in [0.29, 0.717) is 42.5 Å². The van der Waals surface area contributed by atoms with Crippen molar-refractivity contribution in [1.29, 1.82) is 0 Å². The van der Waals surface area contributed by atoms with Crippen LogP contribution in [0.4, 0.5) is 0 Å². The summed E-state index contributed by atoms with van der Waals surface area (Å²) in [5.74, 6) is 0.528. The monoisotopic (exact) mass is 441 g/mol. The quantitative estimate of drug-likeness (QED) is 0.371. The topological polar surface area (TPSA) is 91.2 Å². The Labute approximate surface area is 184 Å². The summed E-state index contributed by atoms with van der Waals surface area (Å²) in [6, 6.07) is 6.58. The number of fused-ring (bicyclic) bond motifs is 1. The molecule has 9 heteroatoms. The molecular weight excluding hydrogens is 410 g/mol. The molecule has 0 aliphatic carbocycles. The lowest BCUT2D eigenvalue weighted by atomic mass is 10.3. The van der Waals surface area contributed by atoms with Gasteiger partial charge in [0.25, 0.3) is 5.91 Å². The predicted molar refractivity (Wildman–Crippen MR) is 123 cm³/mol. The molecule has 3 heterocycles. The van der Waals surface area contributed by atoms with Gasteiger partial charge in [-0.2, -0.15) is 0 Å². The Morgan fingerprint density at radius 3 is 2.71 bits per heavy atom. The van der Waals surface area contributed by atoms with Gasteiger partial charge in [-0.3, -0.25) is 4.79 Å². The Bertz CT molecular complexity index is 1050. The molecule has 0 unspecified atom stereocenters. The highest BCUT2D eigenvalue weighted by atomic mass is 28.3. The number of rotatable bonds is 10. The summed E-state index contributed by atoms with van der Waals surface area (Å²) >= 11 is 0. The third-order valence-corrected chi connectivity index (χ3v) is 6.33. The van der Waals surface area contributed by atoms with E-state index in [1.807, 2.05) is 30.5 Å². The Morgan fingerprint density at radius 1 is 1.19 bits per heavy atom. The minimum Gasteiger partial charge on any atom is -0.419 e. The maximum Gasteiger partial charge on any atom is 0.255 e. The van der Waals surface area contributed by atoms with Gasteiger partial charge in [-0.15, -0.1) is 0 Å². The fourth-order valence-electron chi connectivity index (χ4n) is 2.91. The van der Waals surface area contributed by atoms with Crippen LogP contribution in [-0.2, 0) is 11.5 Å². The molecule has 0 saturated heterocycles. The standard InChI is InChI=1S/C22H31N5O3Si/c1-6-10-23-22(28)17-14-27(15-29-11-12-31(3,4)5)21-20(17)26-19(13-24-21)30-18-9-7-8-16(2)25-18/h7-9,13-14H,6,10-12,15H2,1-5H3,(H,23,28). The van der Waals surface area contributed by atoms with Crippen LogP contribution in [0, 0.1) is 6.92 Å². The van der Waals surface area contributed by atoms with Crippen molar-refractivity contribution < 1.29 is 14.3 Å². The lowest BCUT2D eigenvalue weighted by Gasteiger charge is -2.15. The normalized spacial score (nSPS) is 11.6. The number of ether oxygens (including phenoxy) is 2. The molecule has 166 valence electrons. The van der Waals surface area contributed by atoms with Crippen LogP contribution < -0.4 is 10.1 Å². The van der Waals surface area contributed by atoms with E-state index >= 15 is 0 Å². The summed E-state index contributed by atoms with van der Waals surface area (Å²) < 4.78 is 13.5. The van der Waals surface area contributed by atoms with E-state index in [-0.39, 0.29) is 11.8 Å². The van der Waals surface area contributed by atoms with E-state index < -0.39 is 8.07 Å². The lowest BCUT2D eigenvalue weighted by Crippen LogP contribution is -2.24. The average Bonchev–Trinajstić information content (AvgIpc) is 3.07. The van der Waals surface area contributed by atoms with Crippen LogP contribution in [0.25, 0.3) is 11.2 Å². The van der Waals surface area contributed by atoms with E-state index in [1.54, 1.807) is 18.5 Å². The van der Waals surface area contributed by atoms with Gasteiger partial charge in [0.2, 0.25) is 11.8 Å². The number of carbonyl (C=O) groups excluding carboxylic acids is 1. The van der Waals surface area contributed by atoms with Gasteiger partial charge >= 0.3 is 0 Å². The van der Waals surface area contributed by atoms with Crippen molar-refractivity contribution in [3.05, 3.63) is 41.9 Å². The number of amides is 1. The minimum absolute atomic E-state index is 0.187. The number of hydrogen-bond donors (Lipinski definition) is 1. The van der Waals surface area contributed by atoms with Gasteiger partial charge in [0, 0.05) is 39.2 Å². The van der Waals surface area contributed by atoms with Gasteiger partial charge in [0.15, 0.2) is 5.65 Å². The van der Waals surface area contributed by atoms with Crippen LogP contribution in [0.5, 0.6) is 11.8 Å². The molecule has 3 rings (SSSR count). The molecule has 0 aliphatic rings. The van der Waals surface area contributed by atoms with Gasteiger partial charge in [0.1, 0.15) is 12.2 Å². The SMILES string of the molecule is CCCNC(=O)c1cn(COCC[Si](C)(C)C)c2ncc(Oc3cccc(C)n3)nc12. The number of pyridine rings is 1. The molecule has 31 heavy (non-hydrogen) atoms. The van der Waals surface area contributed by atoms with Crippen molar-refractivity contribution in [1.82, 2.24) is 24.8 Å². The van der Waals surface area contributed by atoms with E-state index in [4.69, 9.17) is 9.47 Å². The first kappa shape index (κ1) is 22.9. The van der Waals surface area contributed by atoms with Gasteiger partial charge in [-0.25, -0.2) is 15.0 Å². The van der Waals surface area contributed by atoms with Crippen molar-refractivity contribution in [2.45, 2.75) is 52.7 Å². The summed E-state index contributed by atoms with van der Waals surface area (Å²) in [5.41, 5.74) is 2.35. The largest absolute Gasteiger partial charge is 0.419 e. The van der Waals surface area contributed by atoms with Crippen LogP contribution in [0.1, 0.15) is 29.4 Å². The van der Waals surface area contributed by atoms with Crippen LogP contribution >= 0.6 is 0 Å². The Hall–Kier alpha value is -2.78. The van der Waals surface area contributed by atoms with Crippen molar-refractivity contribution in [3.63, 3.8) is 0 Å². The van der Waals surface area contributed by atoms with E-state index in [1.165, 1.54) is 0 Å². The third kappa shape index (κ3) is 6.35. The summed E-state index contributed by atoms with van der Waals surface area (Å²) in [6.45, 7) is 12.4. The second-order valence-corrected chi connectivity index (χ2v) is 14.3. The molecule has 0 atom stereocenters. The first-order valence-corrected chi connectivity index (χ1v) is 14.3. The summed E-state index contributed by atoms with van der Waals surface area (Å²) in [7, 11) is -1.17.